The van der Waals surface area contributed by atoms with E-state index in [0.29, 0.717) is 0 Å². The Bertz CT molecular complexity index is 421. The van der Waals surface area contributed by atoms with Gasteiger partial charge in [0.1, 0.15) is 0 Å². The van der Waals surface area contributed by atoms with Crippen molar-refractivity contribution in [2.24, 2.45) is 32.5 Å². The molecule has 4 amide bonds. The molecular formula is C14H30N6O2. The van der Waals surface area contributed by atoms with Crippen molar-refractivity contribution in [1.29, 1.82) is 0 Å². The summed E-state index contributed by atoms with van der Waals surface area (Å²) in [5, 5.41) is 13.8. The number of carbonyl (C=O) groups is 2. The zero-order valence-corrected chi connectivity index (χ0v) is 14.9. The van der Waals surface area contributed by atoms with Crippen molar-refractivity contribution in [3.05, 3.63) is 0 Å². The number of amides is 4. The van der Waals surface area contributed by atoms with Gasteiger partial charge in [0.05, 0.1) is 0 Å². The van der Waals surface area contributed by atoms with E-state index < -0.39 is 34.2 Å². The van der Waals surface area contributed by atoms with E-state index in [2.05, 4.69) is 20.9 Å². The van der Waals surface area contributed by atoms with E-state index in [4.69, 9.17) is 11.5 Å². The molecule has 0 radical (unpaired) electrons. The quantitative estimate of drug-likeness (QED) is 0.592. The third kappa shape index (κ3) is 4.85. The zero-order chi connectivity index (χ0) is 18.0. The SMILES string of the molecule is CC(C)(C)C(C)(N=NC(C)(NC(N)=O)C(C)(C)C)NC(N)=O. The minimum absolute atomic E-state index is 0.447. The lowest BCUT2D eigenvalue weighted by Crippen LogP contribution is -2.57. The van der Waals surface area contributed by atoms with E-state index in [1.807, 2.05) is 41.5 Å². The van der Waals surface area contributed by atoms with Gasteiger partial charge in [-0.2, -0.15) is 10.2 Å². The van der Waals surface area contributed by atoms with Crippen molar-refractivity contribution in [2.75, 3.05) is 0 Å². The van der Waals surface area contributed by atoms with Crippen LogP contribution in [0.1, 0.15) is 55.4 Å². The molecule has 0 aliphatic rings. The van der Waals surface area contributed by atoms with E-state index in [1.165, 1.54) is 0 Å². The molecule has 0 saturated heterocycles. The number of urea groups is 2. The molecule has 0 heterocycles. The van der Waals surface area contributed by atoms with Crippen LogP contribution in [0, 0.1) is 10.8 Å². The highest BCUT2D eigenvalue weighted by Gasteiger charge is 2.43. The Kier molecular flexibility index (Phi) is 5.58. The fraction of sp³-hybridized carbons (Fsp3) is 0.857. The van der Waals surface area contributed by atoms with Gasteiger partial charge in [-0.15, -0.1) is 0 Å². The maximum atomic E-state index is 11.3. The van der Waals surface area contributed by atoms with Gasteiger partial charge in [0.15, 0.2) is 11.3 Å². The minimum Gasteiger partial charge on any atom is -0.352 e. The van der Waals surface area contributed by atoms with Crippen molar-refractivity contribution >= 4 is 12.1 Å². The number of rotatable bonds is 4. The highest BCUT2D eigenvalue weighted by atomic mass is 16.2. The number of primary amides is 2. The molecule has 0 aromatic carbocycles. The number of nitrogens with zero attached hydrogens (tertiary/aromatic N) is 2. The van der Waals surface area contributed by atoms with E-state index in [1.54, 1.807) is 13.8 Å². The highest BCUT2D eigenvalue weighted by molar-refractivity contribution is 5.73. The number of azo groups is 1. The Morgan fingerprint density at radius 1 is 0.682 bits per heavy atom. The molecule has 0 bridgehead atoms. The van der Waals surface area contributed by atoms with Crippen LogP contribution in [0.5, 0.6) is 0 Å². The lowest BCUT2D eigenvalue weighted by Gasteiger charge is -2.41. The summed E-state index contributed by atoms with van der Waals surface area (Å²) in [7, 11) is 0. The van der Waals surface area contributed by atoms with E-state index in [-0.39, 0.29) is 0 Å². The first kappa shape index (κ1) is 20.1. The Balaban J connectivity index is 5.79. The summed E-state index contributed by atoms with van der Waals surface area (Å²) in [6, 6.07) is -1.40. The van der Waals surface area contributed by atoms with Gasteiger partial charge in [-0.1, -0.05) is 41.5 Å². The lowest BCUT2D eigenvalue weighted by molar-refractivity contribution is 0.126. The summed E-state index contributed by atoms with van der Waals surface area (Å²) in [4.78, 5) is 22.6. The molecule has 0 spiro atoms. The molecule has 0 aliphatic heterocycles. The van der Waals surface area contributed by atoms with Crippen LogP contribution < -0.4 is 22.1 Å². The summed E-state index contributed by atoms with van der Waals surface area (Å²) in [5.41, 5.74) is 7.51. The fourth-order valence-electron chi connectivity index (χ4n) is 1.40. The van der Waals surface area contributed by atoms with Crippen molar-refractivity contribution in [1.82, 2.24) is 10.6 Å². The van der Waals surface area contributed by atoms with Gasteiger partial charge in [-0.25, -0.2) is 9.59 Å². The van der Waals surface area contributed by atoms with Crippen LogP contribution in [0.4, 0.5) is 9.59 Å². The highest BCUT2D eigenvalue weighted by Crippen LogP contribution is 2.36. The van der Waals surface area contributed by atoms with Gasteiger partial charge in [-0.05, 0) is 13.8 Å². The largest absolute Gasteiger partial charge is 0.352 e. The molecule has 8 heteroatoms. The van der Waals surface area contributed by atoms with Crippen LogP contribution in [-0.4, -0.2) is 23.4 Å². The van der Waals surface area contributed by atoms with Gasteiger partial charge in [0.25, 0.3) is 0 Å². The predicted molar refractivity (Wildman–Crippen MR) is 86.0 cm³/mol. The van der Waals surface area contributed by atoms with Gasteiger partial charge in [-0.3, -0.25) is 0 Å². The summed E-state index contributed by atoms with van der Waals surface area (Å²) in [6.07, 6.45) is 0. The van der Waals surface area contributed by atoms with Crippen molar-refractivity contribution in [2.45, 2.75) is 66.7 Å². The monoisotopic (exact) mass is 314 g/mol. The zero-order valence-electron chi connectivity index (χ0n) is 14.9. The first-order valence-electron chi connectivity index (χ1n) is 7.13. The van der Waals surface area contributed by atoms with Crippen LogP contribution in [-0.2, 0) is 0 Å². The maximum Gasteiger partial charge on any atom is 0.314 e. The molecular weight excluding hydrogens is 284 g/mol. The number of nitrogens with two attached hydrogens (primary N) is 2. The fourth-order valence-corrected chi connectivity index (χ4v) is 1.40. The van der Waals surface area contributed by atoms with Crippen molar-refractivity contribution in [3.63, 3.8) is 0 Å². The molecule has 2 unspecified atom stereocenters. The topological polar surface area (TPSA) is 135 Å². The van der Waals surface area contributed by atoms with Crippen molar-refractivity contribution < 1.29 is 9.59 Å². The smallest absolute Gasteiger partial charge is 0.314 e. The normalized spacial score (nSPS) is 18.4. The number of nitrogens with one attached hydrogen (secondary N) is 2. The van der Waals surface area contributed by atoms with Gasteiger partial charge >= 0.3 is 12.1 Å². The van der Waals surface area contributed by atoms with Gasteiger partial charge in [0.2, 0.25) is 0 Å². The van der Waals surface area contributed by atoms with Crippen LogP contribution in [0.25, 0.3) is 0 Å². The molecule has 0 aromatic heterocycles. The summed E-state index contributed by atoms with van der Waals surface area (Å²) >= 11 is 0. The molecule has 2 atom stereocenters. The van der Waals surface area contributed by atoms with Gasteiger partial charge in [0, 0.05) is 10.8 Å². The summed E-state index contributed by atoms with van der Waals surface area (Å²) in [6.45, 7) is 14.8. The Morgan fingerprint density at radius 3 is 1.05 bits per heavy atom. The molecule has 128 valence electrons. The summed E-state index contributed by atoms with van der Waals surface area (Å²) in [5.74, 6) is 0. The lowest BCUT2D eigenvalue weighted by atomic mass is 9.81. The van der Waals surface area contributed by atoms with E-state index in [9.17, 15) is 9.59 Å². The first-order chi connectivity index (χ1) is 9.54. The first-order valence-corrected chi connectivity index (χ1v) is 7.13. The number of hydrogen-bond donors (Lipinski definition) is 4. The Morgan fingerprint density at radius 2 is 0.909 bits per heavy atom. The second-order valence-corrected chi connectivity index (χ2v) is 7.82. The number of hydrogen-bond acceptors (Lipinski definition) is 4. The minimum atomic E-state index is -1.04. The average Bonchev–Trinajstić information content (AvgIpc) is 2.21. The molecule has 0 aromatic rings. The van der Waals surface area contributed by atoms with Crippen LogP contribution >= 0.6 is 0 Å². The molecule has 22 heavy (non-hydrogen) atoms. The second kappa shape index (κ2) is 6.10. The third-order valence-electron chi connectivity index (χ3n) is 4.10. The Hall–Kier alpha value is -1.86. The molecule has 0 saturated carbocycles. The van der Waals surface area contributed by atoms with E-state index >= 15 is 0 Å². The predicted octanol–water partition coefficient (Wildman–Crippen LogP) is 2.30. The van der Waals surface area contributed by atoms with Crippen LogP contribution in [0.3, 0.4) is 0 Å². The molecule has 0 fully saturated rings. The maximum absolute atomic E-state index is 11.3. The van der Waals surface area contributed by atoms with Crippen molar-refractivity contribution in [3.8, 4) is 0 Å². The average molecular weight is 314 g/mol. The Labute approximate surface area is 132 Å². The van der Waals surface area contributed by atoms with E-state index in [0.717, 1.165) is 0 Å². The molecule has 6 N–H and O–H groups in total. The van der Waals surface area contributed by atoms with Crippen LogP contribution in [0.2, 0.25) is 0 Å². The molecule has 0 rings (SSSR count). The standard InChI is InChI=1S/C14H30N6O2/c1-11(2,3)13(7,17-9(15)21)19-20-14(8,12(4,5)6)18-10(16)22/h1-8H3,(H3,15,17,21)(H3,16,18,22). The van der Waals surface area contributed by atoms with Gasteiger partial charge < -0.3 is 22.1 Å². The van der Waals surface area contributed by atoms with Crippen LogP contribution in [0.15, 0.2) is 10.2 Å². The summed E-state index contributed by atoms with van der Waals surface area (Å²) < 4.78 is 0. The second-order valence-electron chi connectivity index (χ2n) is 7.82. The third-order valence-corrected chi connectivity index (χ3v) is 4.10. The molecule has 0 aliphatic carbocycles. The molecule has 8 nitrogen and oxygen atoms in total. The number of carbonyl (C=O) groups excluding carboxylic acids is 2.